The number of hydrogen-bond acceptors (Lipinski definition) is 4. The Labute approximate surface area is 219 Å². The number of hydrogen-bond donors (Lipinski definition) is 1. The van der Waals surface area contributed by atoms with Gasteiger partial charge >= 0.3 is 0 Å². The van der Waals surface area contributed by atoms with Gasteiger partial charge in [0.2, 0.25) is 5.91 Å². The van der Waals surface area contributed by atoms with Crippen LogP contribution in [0.4, 0.5) is 0 Å². The fourth-order valence-electron chi connectivity index (χ4n) is 6.44. The first-order valence-electron chi connectivity index (χ1n) is 13.7. The molecule has 7 nitrogen and oxygen atoms in total. The molecule has 0 unspecified atom stereocenters. The SMILES string of the molecule is C[C@H](C(=O)N1CCC(C2CCN(C)CC2)CC1)N(C(=O)c1cc2cc(Cl)ccc2[nH]1)N1CCCCC1. The van der Waals surface area contributed by atoms with Crippen LogP contribution in [-0.2, 0) is 4.79 Å². The smallest absolute Gasteiger partial charge is 0.285 e. The van der Waals surface area contributed by atoms with Gasteiger partial charge in [-0.1, -0.05) is 18.0 Å². The van der Waals surface area contributed by atoms with E-state index in [9.17, 15) is 9.59 Å². The number of H-pyrrole nitrogens is 1. The largest absolute Gasteiger partial charge is 0.350 e. The van der Waals surface area contributed by atoms with E-state index in [1.54, 1.807) is 5.01 Å². The Hall–Kier alpha value is -2.09. The third-order valence-electron chi connectivity index (χ3n) is 8.66. The van der Waals surface area contributed by atoms with Gasteiger partial charge in [0.25, 0.3) is 5.91 Å². The van der Waals surface area contributed by atoms with Gasteiger partial charge in [-0.15, -0.1) is 0 Å². The zero-order valence-electron chi connectivity index (χ0n) is 21.7. The van der Waals surface area contributed by atoms with E-state index >= 15 is 0 Å². The number of aromatic amines is 1. The van der Waals surface area contributed by atoms with Gasteiger partial charge in [-0.05, 0) is 102 Å². The first-order chi connectivity index (χ1) is 17.4. The second-order valence-corrected chi connectivity index (χ2v) is 11.5. The number of halogens is 1. The van der Waals surface area contributed by atoms with Crippen LogP contribution in [0, 0.1) is 11.8 Å². The van der Waals surface area contributed by atoms with Gasteiger partial charge < -0.3 is 14.8 Å². The second-order valence-electron chi connectivity index (χ2n) is 11.1. The van der Waals surface area contributed by atoms with Crippen molar-refractivity contribution in [2.24, 2.45) is 11.8 Å². The Bertz CT molecular complexity index is 1070. The molecule has 0 radical (unpaired) electrons. The van der Waals surface area contributed by atoms with E-state index in [0.29, 0.717) is 10.7 Å². The maximum Gasteiger partial charge on any atom is 0.285 e. The van der Waals surface area contributed by atoms with Gasteiger partial charge in [0.15, 0.2) is 0 Å². The molecule has 0 saturated carbocycles. The standard InChI is InChI=1S/C28H40ClN5O2/c1-20(27(35)32-16-10-22(11-17-32)21-8-14-31(2)15-9-21)34(33-12-4-3-5-13-33)28(36)26-19-23-18-24(29)6-7-25(23)30-26/h6-7,18-22,30H,3-5,8-17H2,1-2H3/t20-/m1/s1. The molecule has 5 rings (SSSR count). The maximum absolute atomic E-state index is 13.9. The lowest BCUT2D eigenvalue weighted by molar-refractivity contribution is -0.144. The third-order valence-corrected chi connectivity index (χ3v) is 8.90. The van der Waals surface area contributed by atoms with E-state index in [4.69, 9.17) is 11.6 Å². The molecule has 36 heavy (non-hydrogen) atoms. The molecule has 8 heteroatoms. The summed E-state index contributed by atoms with van der Waals surface area (Å²) in [5.74, 6) is 1.43. The number of likely N-dealkylation sites (tertiary alicyclic amines) is 2. The Kier molecular flexibility index (Phi) is 7.89. The Balaban J connectivity index is 1.29. The number of nitrogens with one attached hydrogen (secondary N) is 1. The van der Waals surface area contributed by atoms with Crippen molar-refractivity contribution in [2.75, 3.05) is 46.3 Å². The first-order valence-corrected chi connectivity index (χ1v) is 14.1. The molecule has 3 aliphatic rings. The molecular weight excluding hydrogens is 474 g/mol. The minimum Gasteiger partial charge on any atom is -0.350 e. The van der Waals surface area contributed by atoms with Gasteiger partial charge in [-0.3, -0.25) is 14.6 Å². The highest BCUT2D eigenvalue weighted by molar-refractivity contribution is 6.31. The summed E-state index contributed by atoms with van der Waals surface area (Å²) in [7, 11) is 2.21. The van der Waals surface area contributed by atoms with E-state index in [-0.39, 0.29) is 11.8 Å². The molecule has 3 aliphatic heterocycles. The number of hydrazine groups is 1. The summed E-state index contributed by atoms with van der Waals surface area (Å²) in [6.45, 7) is 7.47. The summed E-state index contributed by atoms with van der Waals surface area (Å²) in [6.07, 6.45) is 7.94. The number of carbonyl (C=O) groups is 2. The maximum atomic E-state index is 13.9. The average Bonchev–Trinajstić information content (AvgIpc) is 3.33. The van der Waals surface area contributed by atoms with E-state index in [1.807, 2.05) is 36.1 Å². The number of nitrogens with zero attached hydrogens (tertiary/aromatic N) is 4. The average molecular weight is 514 g/mol. The minimum atomic E-state index is -0.537. The van der Waals surface area contributed by atoms with Gasteiger partial charge in [0, 0.05) is 42.1 Å². The zero-order chi connectivity index (χ0) is 25.2. The van der Waals surface area contributed by atoms with E-state index in [1.165, 1.54) is 25.9 Å². The Morgan fingerprint density at radius 1 is 0.944 bits per heavy atom. The van der Waals surface area contributed by atoms with Crippen LogP contribution in [0.2, 0.25) is 5.02 Å². The van der Waals surface area contributed by atoms with Gasteiger partial charge in [0.1, 0.15) is 11.7 Å². The summed E-state index contributed by atoms with van der Waals surface area (Å²) in [6, 6.07) is 6.88. The molecule has 0 aliphatic carbocycles. The molecule has 196 valence electrons. The molecule has 1 aromatic heterocycles. The van der Waals surface area contributed by atoms with Crippen LogP contribution in [0.25, 0.3) is 10.9 Å². The van der Waals surface area contributed by atoms with Gasteiger partial charge in [-0.2, -0.15) is 0 Å². The molecule has 2 aromatic rings. The highest BCUT2D eigenvalue weighted by atomic mass is 35.5. The number of carbonyl (C=O) groups excluding carboxylic acids is 2. The number of amides is 2. The minimum absolute atomic E-state index is 0.0647. The lowest BCUT2D eigenvalue weighted by Crippen LogP contribution is -2.58. The number of aromatic nitrogens is 1. The van der Waals surface area contributed by atoms with Crippen molar-refractivity contribution in [1.82, 2.24) is 24.8 Å². The summed E-state index contributed by atoms with van der Waals surface area (Å²) in [5.41, 5.74) is 1.37. The number of benzene rings is 1. The van der Waals surface area contributed by atoms with Crippen LogP contribution in [0.3, 0.4) is 0 Å². The molecule has 3 saturated heterocycles. The molecule has 4 heterocycles. The predicted molar refractivity (Wildman–Crippen MR) is 144 cm³/mol. The lowest BCUT2D eigenvalue weighted by atomic mass is 9.79. The summed E-state index contributed by atoms with van der Waals surface area (Å²) in [4.78, 5) is 35.3. The van der Waals surface area contributed by atoms with Crippen LogP contribution < -0.4 is 0 Å². The monoisotopic (exact) mass is 513 g/mol. The highest BCUT2D eigenvalue weighted by Gasteiger charge is 2.37. The van der Waals surface area contributed by atoms with Crippen molar-refractivity contribution in [3.63, 3.8) is 0 Å². The summed E-state index contributed by atoms with van der Waals surface area (Å²) >= 11 is 6.17. The second kappa shape index (κ2) is 11.1. The van der Waals surface area contributed by atoms with Crippen LogP contribution in [0.15, 0.2) is 24.3 Å². The van der Waals surface area contributed by atoms with Crippen LogP contribution in [0.1, 0.15) is 62.4 Å². The van der Waals surface area contributed by atoms with Crippen LogP contribution in [-0.4, -0.2) is 89.0 Å². The molecule has 1 N–H and O–H groups in total. The molecular formula is C28H40ClN5O2. The van der Waals surface area contributed by atoms with Crippen molar-refractivity contribution < 1.29 is 9.59 Å². The molecule has 1 aromatic carbocycles. The number of piperidine rings is 3. The van der Waals surface area contributed by atoms with E-state index in [2.05, 4.69) is 21.9 Å². The quantitative estimate of drug-likeness (QED) is 0.633. The topological polar surface area (TPSA) is 62.9 Å². The van der Waals surface area contributed by atoms with Crippen molar-refractivity contribution >= 4 is 34.3 Å². The first kappa shape index (κ1) is 25.6. The van der Waals surface area contributed by atoms with E-state index in [0.717, 1.165) is 81.0 Å². The molecule has 2 amide bonds. The van der Waals surface area contributed by atoms with Crippen molar-refractivity contribution in [3.8, 4) is 0 Å². The highest BCUT2D eigenvalue weighted by Crippen LogP contribution is 2.33. The van der Waals surface area contributed by atoms with Gasteiger partial charge in [0.05, 0.1) is 0 Å². The Morgan fingerprint density at radius 3 is 2.25 bits per heavy atom. The molecule has 1 atom stereocenters. The number of rotatable bonds is 5. The summed E-state index contributed by atoms with van der Waals surface area (Å²) in [5, 5.41) is 5.37. The van der Waals surface area contributed by atoms with Crippen molar-refractivity contribution in [1.29, 1.82) is 0 Å². The summed E-state index contributed by atoms with van der Waals surface area (Å²) < 4.78 is 0. The predicted octanol–water partition coefficient (Wildman–Crippen LogP) is 4.63. The molecule has 0 spiro atoms. The van der Waals surface area contributed by atoms with Crippen LogP contribution in [0.5, 0.6) is 0 Å². The normalized spacial score (nSPS) is 22.1. The fraction of sp³-hybridized carbons (Fsp3) is 0.643. The van der Waals surface area contributed by atoms with Crippen molar-refractivity contribution in [3.05, 3.63) is 35.0 Å². The third kappa shape index (κ3) is 5.43. The van der Waals surface area contributed by atoms with Gasteiger partial charge in [-0.25, -0.2) is 5.01 Å². The molecule has 3 fully saturated rings. The Morgan fingerprint density at radius 2 is 1.58 bits per heavy atom. The van der Waals surface area contributed by atoms with Crippen molar-refractivity contribution in [2.45, 2.75) is 57.9 Å². The lowest BCUT2D eigenvalue weighted by Gasteiger charge is -2.43. The van der Waals surface area contributed by atoms with E-state index < -0.39 is 6.04 Å². The van der Waals surface area contributed by atoms with Crippen LogP contribution >= 0.6 is 11.6 Å². The zero-order valence-corrected chi connectivity index (χ0v) is 22.5. The molecule has 0 bridgehead atoms. The fourth-order valence-corrected chi connectivity index (χ4v) is 6.62. The number of fused-ring (bicyclic) bond motifs is 1.